The van der Waals surface area contributed by atoms with E-state index in [1.807, 2.05) is 11.8 Å². The van der Waals surface area contributed by atoms with Crippen LogP contribution in [0.4, 0.5) is 18.9 Å². The standard InChI is InChI=1S/C16H23ClF3N/c1-4-12(5-2)11-21(6-3)15-8-7-13(10-17)9-14(15)16(18,19)20/h7-9,12H,4-6,10-11H2,1-3H3. The third-order valence-corrected chi connectivity index (χ3v) is 4.18. The summed E-state index contributed by atoms with van der Waals surface area (Å²) in [6.45, 7) is 7.23. The Kier molecular flexibility index (Phi) is 6.85. The maximum absolute atomic E-state index is 13.3. The highest BCUT2D eigenvalue weighted by Gasteiger charge is 2.35. The van der Waals surface area contributed by atoms with E-state index in [0.717, 1.165) is 18.9 Å². The molecule has 1 aromatic carbocycles. The van der Waals surface area contributed by atoms with E-state index in [0.29, 0.717) is 24.6 Å². The predicted molar refractivity (Wildman–Crippen MR) is 83.0 cm³/mol. The summed E-state index contributed by atoms with van der Waals surface area (Å²) in [7, 11) is 0. The summed E-state index contributed by atoms with van der Waals surface area (Å²) in [4.78, 5) is 1.82. The molecule has 1 nitrogen and oxygen atoms in total. The van der Waals surface area contributed by atoms with Gasteiger partial charge in [0, 0.05) is 24.7 Å². The fourth-order valence-electron chi connectivity index (χ4n) is 2.43. The van der Waals surface area contributed by atoms with Gasteiger partial charge in [-0.1, -0.05) is 32.8 Å². The van der Waals surface area contributed by atoms with Gasteiger partial charge in [-0.2, -0.15) is 13.2 Å². The summed E-state index contributed by atoms with van der Waals surface area (Å²) in [5.41, 5.74) is 0.158. The van der Waals surface area contributed by atoms with Crippen molar-refractivity contribution >= 4 is 17.3 Å². The average Bonchev–Trinajstić information content (AvgIpc) is 2.47. The molecule has 0 N–H and O–H groups in total. The third kappa shape index (κ3) is 4.80. The Morgan fingerprint density at radius 2 is 1.76 bits per heavy atom. The lowest BCUT2D eigenvalue weighted by molar-refractivity contribution is -0.137. The maximum Gasteiger partial charge on any atom is 0.418 e. The van der Waals surface area contributed by atoms with E-state index in [-0.39, 0.29) is 11.6 Å². The van der Waals surface area contributed by atoms with E-state index in [2.05, 4.69) is 13.8 Å². The lowest BCUT2D eigenvalue weighted by Crippen LogP contribution is -2.31. The van der Waals surface area contributed by atoms with E-state index >= 15 is 0 Å². The number of benzene rings is 1. The highest BCUT2D eigenvalue weighted by molar-refractivity contribution is 6.17. The third-order valence-electron chi connectivity index (χ3n) is 3.88. The first kappa shape index (κ1) is 18.1. The summed E-state index contributed by atoms with van der Waals surface area (Å²) in [5.74, 6) is 0.487. The van der Waals surface area contributed by atoms with Crippen molar-refractivity contribution < 1.29 is 13.2 Å². The fraction of sp³-hybridized carbons (Fsp3) is 0.625. The molecule has 0 aromatic heterocycles. The molecule has 0 unspecified atom stereocenters. The zero-order chi connectivity index (χ0) is 16.0. The minimum Gasteiger partial charge on any atom is -0.371 e. The quantitative estimate of drug-likeness (QED) is 0.582. The fourth-order valence-corrected chi connectivity index (χ4v) is 2.59. The summed E-state index contributed by atoms with van der Waals surface area (Å²) in [5, 5.41) is 0. The minimum absolute atomic E-state index is 0.0853. The zero-order valence-electron chi connectivity index (χ0n) is 12.8. The topological polar surface area (TPSA) is 3.24 Å². The molecule has 0 aliphatic carbocycles. The number of hydrogen-bond donors (Lipinski definition) is 0. The largest absolute Gasteiger partial charge is 0.418 e. The van der Waals surface area contributed by atoms with Crippen LogP contribution in [0.3, 0.4) is 0 Å². The van der Waals surface area contributed by atoms with Crippen molar-refractivity contribution in [2.45, 2.75) is 45.7 Å². The van der Waals surface area contributed by atoms with E-state index in [1.165, 1.54) is 0 Å². The number of halogens is 4. The Bertz CT molecular complexity index is 442. The first-order chi connectivity index (χ1) is 9.87. The van der Waals surface area contributed by atoms with Crippen LogP contribution in [-0.4, -0.2) is 13.1 Å². The molecule has 0 atom stereocenters. The van der Waals surface area contributed by atoms with Gasteiger partial charge < -0.3 is 4.90 Å². The Morgan fingerprint density at radius 1 is 1.14 bits per heavy atom. The lowest BCUT2D eigenvalue weighted by Gasteiger charge is -2.30. The summed E-state index contributed by atoms with van der Waals surface area (Å²) >= 11 is 5.66. The average molecular weight is 322 g/mol. The van der Waals surface area contributed by atoms with Crippen molar-refractivity contribution in [1.82, 2.24) is 0 Å². The minimum atomic E-state index is -4.36. The van der Waals surface area contributed by atoms with Crippen molar-refractivity contribution in [3.8, 4) is 0 Å². The molecule has 0 fully saturated rings. The predicted octanol–water partition coefficient (Wildman–Crippen LogP) is 5.71. The molecule has 5 heteroatoms. The van der Waals surface area contributed by atoms with E-state index in [4.69, 9.17) is 11.6 Å². The first-order valence-corrected chi connectivity index (χ1v) is 7.91. The summed E-state index contributed by atoms with van der Waals surface area (Å²) < 4.78 is 39.9. The van der Waals surface area contributed by atoms with Crippen molar-refractivity contribution in [3.05, 3.63) is 29.3 Å². The van der Waals surface area contributed by atoms with Crippen LogP contribution in [-0.2, 0) is 12.1 Å². The number of anilines is 1. The molecule has 0 bridgehead atoms. The first-order valence-electron chi connectivity index (χ1n) is 7.38. The van der Waals surface area contributed by atoms with Crippen LogP contribution in [0.2, 0.25) is 0 Å². The van der Waals surface area contributed by atoms with Crippen LogP contribution in [0.5, 0.6) is 0 Å². The molecule has 0 heterocycles. The second-order valence-electron chi connectivity index (χ2n) is 5.20. The molecule has 0 amide bonds. The van der Waals surface area contributed by atoms with Crippen LogP contribution in [0.25, 0.3) is 0 Å². The zero-order valence-corrected chi connectivity index (χ0v) is 13.6. The van der Waals surface area contributed by atoms with Crippen molar-refractivity contribution in [3.63, 3.8) is 0 Å². The van der Waals surface area contributed by atoms with Crippen LogP contribution >= 0.6 is 11.6 Å². The number of hydrogen-bond acceptors (Lipinski definition) is 1. The van der Waals surface area contributed by atoms with Crippen molar-refractivity contribution in [2.75, 3.05) is 18.0 Å². The molecule has 1 aromatic rings. The van der Waals surface area contributed by atoms with Crippen LogP contribution in [0.15, 0.2) is 18.2 Å². The van der Waals surface area contributed by atoms with Gasteiger partial charge in [0.25, 0.3) is 0 Å². The molecule has 0 aliphatic heterocycles. The highest BCUT2D eigenvalue weighted by Crippen LogP contribution is 2.38. The van der Waals surface area contributed by atoms with Gasteiger partial charge in [0.15, 0.2) is 0 Å². The van der Waals surface area contributed by atoms with Crippen LogP contribution < -0.4 is 4.90 Å². The molecule has 120 valence electrons. The Hall–Kier alpha value is -0.900. The van der Waals surface area contributed by atoms with Gasteiger partial charge in [-0.25, -0.2) is 0 Å². The highest BCUT2D eigenvalue weighted by atomic mass is 35.5. The maximum atomic E-state index is 13.3. The Labute approximate surface area is 130 Å². The van der Waals surface area contributed by atoms with Gasteiger partial charge in [0.1, 0.15) is 0 Å². The van der Waals surface area contributed by atoms with Gasteiger partial charge in [0.2, 0.25) is 0 Å². The molecule has 21 heavy (non-hydrogen) atoms. The van der Waals surface area contributed by atoms with Gasteiger partial charge >= 0.3 is 6.18 Å². The number of alkyl halides is 4. The summed E-state index contributed by atoms with van der Waals surface area (Å²) in [6.07, 6.45) is -2.43. The molecule has 0 spiro atoms. The molecule has 1 rings (SSSR count). The molecular formula is C16H23ClF3N. The SMILES string of the molecule is CCC(CC)CN(CC)c1ccc(CCl)cc1C(F)(F)F. The lowest BCUT2D eigenvalue weighted by atomic mass is 10.0. The smallest absolute Gasteiger partial charge is 0.371 e. The van der Waals surface area contributed by atoms with Crippen molar-refractivity contribution in [1.29, 1.82) is 0 Å². The number of nitrogens with zero attached hydrogens (tertiary/aromatic N) is 1. The van der Waals surface area contributed by atoms with Gasteiger partial charge in [-0.3, -0.25) is 0 Å². The Balaban J connectivity index is 3.19. The van der Waals surface area contributed by atoms with Gasteiger partial charge in [0.05, 0.1) is 5.56 Å². The van der Waals surface area contributed by atoms with Gasteiger partial charge in [-0.05, 0) is 30.5 Å². The van der Waals surface area contributed by atoms with E-state index in [1.54, 1.807) is 12.1 Å². The van der Waals surface area contributed by atoms with E-state index in [9.17, 15) is 13.2 Å². The molecule has 0 saturated carbocycles. The van der Waals surface area contributed by atoms with Crippen LogP contribution in [0.1, 0.15) is 44.7 Å². The number of rotatable bonds is 7. The van der Waals surface area contributed by atoms with Crippen LogP contribution in [0, 0.1) is 5.92 Å². The molecule has 0 aliphatic rings. The molecule has 0 saturated heterocycles. The van der Waals surface area contributed by atoms with Crippen molar-refractivity contribution in [2.24, 2.45) is 5.92 Å². The monoisotopic (exact) mass is 321 g/mol. The molecular weight excluding hydrogens is 299 g/mol. The second kappa shape index (κ2) is 7.92. The molecule has 0 radical (unpaired) electrons. The normalized spacial score (nSPS) is 12.0. The summed E-state index contributed by atoms with van der Waals surface area (Å²) in [6, 6.07) is 4.39. The Morgan fingerprint density at radius 3 is 2.19 bits per heavy atom. The second-order valence-corrected chi connectivity index (χ2v) is 5.47. The van der Waals surface area contributed by atoms with E-state index < -0.39 is 11.7 Å². The van der Waals surface area contributed by atoms with Gasteiger partial charge in [-0.15, -0.1) is 11.6 Å².